The second-order valence-electron chi connectivity index (χ2n) is 4.29. The zero-order valence-electron chi connectivity index (χ0n) is 10.2. The van der Waals surface area contributed by atoms with E-state index in [0.29, 0.717) is 16.1 Å². The Hall–Kier alpha value is -1.19. The van der Waals surface area contributed by atoms with Crippen molar-refractivity contribution in [3.8, 4) is 0 Å². The third-order valence-corrected chi connectivity index (χ3v) is 3.59. The van der Waals surface area contributed by atoms with Crippen LogP contribution in [0.4, 0.5) is 4.39 Å². The number of carbonyl (C=O) groups excluding carboxylic acids is 1. The van der Waals surface area contributed by atoms with E-state index in [2.05, 4.69) is 15.9 Å². The Kier molecular flexibility index (Phi) is 4.38. The maximum absolute atomic E-state index is 13.6. The summed E-state index contributed by atoms with van der Waals surface area (Å²) >= 11 is 9.15. The summed E-state index contributed by atoms with van der Waals surface area (Å²) in [6, 6.07) is 9.70. The van der Waals surface area contributed by atoms with E-state index in [4.69, 9.17) is 11.6 Å². The van der Waals surface area contributed by atoms with Gasteiger partial charge in [-0.3, -0.25) is 4.79 Å². The number of benzene rings is 2. The first-order valence-electron chi connectivity index (χ1n) is 5.70. The van der Waals surface area contributed by atoms with Crippen molar-refractivity contribution in [2.24, 2.45) is 0 Å². The maximum Gasteiger partial charge on any atom is 0.167 e. The summed E-state index contributed by atoms with van der Waals surface area (Å²) in [4.78, 5) is 12.2. The molecule has 0 bridgehead atoms. The first-order valence-corrected chi connectivity index (χ1v) is 6.88. The molecule has 19 heavy (non-hydrogen) atoms. The molecular weight excluding hydrogens is 331 g/mol. The van der Waals surface area contributed by atoms with Crippen LogP contribution in [0, 0.1) is 12.7 Å². The first-order chi connectivity index (χ1) is 8.97. The lowest BCUT2D eigenvalue weighted by molar-refractivity contribution is 0.0991. The highest BCUT2D eigenvalue weighted by Gasteiger charge is 2.13. The minimum absolute atomic E-state index is 0.00366. The SMILES string of the molecule is Cc1ccc(Br)cc1C(=O)Cc1cc(Cl)ccc1F. The smallest absolute Gasteiger partial charge is 0.167 e. The molecule has 0 radical (unpaired) electrons. The van der Waals surface area contributed by atoms with Crippen LogP contribution in [-0.2, 0) is 6.42 Å². The zero-order chi connectivity index (χ0) is 14.0. The van der Waals surface area contributed by atoms with E-state index in [0.717, 1.165) is 10.0 Å². The van der Waals surface area contributed by atoms with E-state index < -0.39 is 5.82 Å². The molecule has 0 saturated carbocycles. The molecule has 0 N–H and O–H groups in total. The van der Waals surface area contributed by atoms with Crippen molar-refractivity contribution in [1.29, 1.82) is 0 Å². The predicted molar refractivity (Wildman–Crippen MR) is 78.3 cm³/mol. The van der Waals surface area contributed by atoms with Crippen molar-refractivity contribution in [2.45, 2.75) is 13.3 Å². The average molecular weight is 342 g/mol. The highest BCUT2D eigenvalue weighted by molar-refractivity contribution is 9.10. The van der Waals surface area contributed by atoms with Gasteiger partial charge in [-0.1, -0.05) is 33.6 Å². The van der Waals surface area contributed by atoms with Crippen LogP contribution in [0.5, 0.6) is 0 Å². The molecule has 0 amide bonds. The molecule has 0 heterocycles. The fourth-order valence-corrected chi connectivity index (χ4v) is 2.40. The van der Waals surface area contributed by atoms with Crippen LogP contribution in [0.15, 0.2) is 40.9 Å². The van der Waals surface area contributed by atoms with E-state index in [9.17, 15) is 9.18 Å². The van der Waals surface area contributed by atoms with Gasteiger partial charge in [-0.25, -0.2) is 4.39 Å². The van der Waals surface area contributed by atoms with Gasteiger partial charge in [-0.05, 0) is 48.4 Å². The van der Waals surface area contributed by atoms with Crippen LogP contribution >= 0.6 is 27.5 Å². The van der Waals surface area contributed by atoms with E-state index in [-0.39, 0.29) is 12.2 Å². The Bertz CT molecular complexity index is 640. The molecule has 1 nitrogen and oxygen atoms in total. The van der Waals surface area contributed by atoms with Gasteiger partial charge in [0, 0.05) is 21.5 Å². The number of aryl methyl sites for hydroxylation is 1. The van der Waals surface area contributed by atoms with E-state index in [1.165, 1.54) is 18.2 Å². The molecule has 2 aromatic rings. The molecule has 0 aromatic heterocycles. The monoisotopic (exact) mass is 340 g/mol. The number of halogens is 3. The van der Waals surface area contributed by atoms with Gasteiger partial charge in [0.2, 0.25) is 0 Å². The van der Waals surface area contributed by atoms with Crippen LogP contribution in [0.3, 0.4) is 0 Å². The molecule has 2 rings (SSSR count). The molecule has 2 aromatic carbocycles. The maximum atomic E-state index is 13.6. The number of Topliss-reactive ketones (excluding diaryl/α,β-unsaturated/α-hetero) is 1. The van der Waals surface area contributed by atoms with Gasteiger partial charge in [0.15, 0.2) is 5.78 Å². The zero-order valence-corrected chi connectivity index (χ0v) is 12.6. The van der Waals surface area contributed by atoms with Crippen molar-refractivity contribution in [1.82, 2.24) is 0 Å². The van der Waals surface area contributed by atoms with Crippen molar-refractivity contribution in [3.63, 3.8) is 0 Å². The third kappa shape index (κ3) is 3.43. The number of hydrogen-bond donors (Lipinski definition) is 0. The summed E-state index contributed by atoms with van der Waals surface area (Å²) in [6.45, 7) is 1.86. The minimum atomic E-state index is -0.412. The Morgan fingerprint density at radius 2 is 2.00 bits per heavy atom. The molecule has 0 spiro atoms. The lowest BCUT2D eigenvalue weighted by atomic mass is 9.99. The van der Waals surface area contributed by atoms with E-state index in [1.54, 1.807) is 6.07 Å². The molecule has 0 unspecified atom stereocenters. The van der Waals surface area contributed by atoms with Crippen molar-refractivity contribution in [2.75, 3.05) is 0 Å². The second kappa shape index (κ2) is 5.85. The van der Waals surface area contributed by atoms with Crippen LogP contribution < -0.4 is 0 Å². The van der Waals surface area contributed by atoms with Crippen LogP contribution in [0.2, 0.25) is 5.02 Å². The molecule has 0 aliphatic heterocycles. The summed E-state index contributed by atoms with van der Waals surface area (Å²) in [6.07, 6.45) is 0.00366. The van der Waals surface area contributed by atoms with Crippen molar-refractivity contribution >= 4 is 33.3 Å². The minimum Gasteiger partial charge on any atom is -0.294 e. The van der Waals surface area contributed by atoms with Crippen LogP contribution in [0.25, 0.3) is 0 Å². The standard InChI is InChI=1S/C15H11BrClFO/c1-9-2-3-11(16)8-13(9)15(19)7-10-6-12(17)4-5-14(10)18/h2-6,8H,7H2,1H3. The summed E-state index contributed by atoms with van der Waals surface area (Å²) in [5.74, 6) is -0.537. The van der Waals surface area contributed by atoms with E-state index in [1.807, 2.05) is 19.1 Å². The van der Waals surface area contributed by atoms with Crippen LogP contribution in [0.1, 0.15) is 21.5 Å². The molecular formula is C15H11BrClFO. The number of rotatable bonds is 3. The van der Waals surface area contributed by atoms with E-state index >= 15 is 0 Å². The van der Waals surface area contributed by atoms with Crippen molar-refractivity contribution in [3.05, 3.63) is 68.4 Å². The largest absolute Gasteiger partial charge is 0.294 e. The lowest BCUT2D eigenvalue weighted by Crippen LogP contribution is -2.07. The van der Waals surface area contributed by atoms with Gasteiger partial charge in [0.05, 0.1) is 0 Å². The molecule has 0 fully saturated rings. The van der Waals surface area contributed by atoms with Gasteiger partial charge < -0.3 is 0 Å². The average Bonchev–Trinajstić information content (AvgIpc) is 2.36. The number of ketones is 1. The van der Waals surface area contributed by atoms with Gasteiger partial charge in [0.1, 0.15) is 5.82 Å². The summed E-state index contributed by atoms with van der Waals surface area (Å²) in [7, 11) is 0. The fraction of sp³-hybridized carbons (Fsp3) is 0.133. The molecule has 98 valence electrons. The Labute approximate surface area is 124 Å². The highest BCUT2D eigenvalue weighted by atomic mass is 79.9. The lowest BCUT2D eigenvalue weighted by Gasteiger charge is -2.07. The summed E-state index contributed by atoms with van der Waals surface area (Å²) in [5, 5.41) is 0.426. The number of hydrogen-bond acceptors (Lipinski definition) is 1. The third-order valence-electron chi connectivity index (χ3n) is 2.86. The van der Waals surface area contributed by atoms with Gasteiger partial charge >= 0.3 is 0 Å². The summed E-state index contributed by atoms with van der Waals surface area (Å²) < 4.78 is 14.4. The fourth-order valence-electron chi connectivity index (χ4n) is 1.84. The topological polar surface area (TPSA) is 17.1 Å². The Morgan fingerprint density at radius 1 is 1.26 bits per heavy atom. The predicted octanol–water partition coefficient (Wildman–Crippen LogP) is 4.98. The summed E-state index contributed by atoms with van der Waals surface area (Å²) in [5.41, 5.74) is 1.78. The normalized spacial score (nSPS) is 10.5. The Morgan fingerprint density at radius 3 is 2.74 bits per heavy atom. The molecule has 4 heteroatoms. The van der Waals surface area contributed by atoms with Gasteiger partial charge in [-0.15, -0.1) is 0 Å². The number of carbonyl (C=O) groups is 1. The van der Waals surface area contributed by atoms with Crippen molar-refractivity contribution < 1.29 is 9.18 Å². The second-order valence-corrected chi connectivity index (χ2v) is 5.65. The molecule has 0 aliphatic rings. The van der Waals surface area contributed by atoms with Crippen LogP contribution in [-0.4, -0.2) is 5.78 Å². The van der Waals surface area contributed by atoms with Gasteiger partial charge in [0.25, 0.3) is 0 Å². The highest BCUT2D eigenvalue weighted by Crippen LogP contribution is 2.20. The quantitative estimate of drug-likeness (QED) is 0.720. The molecule has 0 saturated heterocycles. The molecule has 0 atom stereocenters. The Balaban J connectivity index is 2.30. The molecule has 0 aliphatic carbocycles. The first kappa shape index (κ1) is 14.2. The van der Waals surface area contributed by atoms with Gasteiger partial charge in [-0.2, -0.15) is 0 Å².